The summed E-state index contributed by atoms with van der Waals surface area (Å²) in [6, 6.07) is 0. The van der Waals surface area contributed by atoms with E-state index in [1.807, 2.05) is 13.8 Å². The number of phosphoric ester groups is 1. The number of nitrogens with zero attached hydrogens (tertiary/aromatic N) is 1. The number of likely N-dealkylation sites (N-methyl/N-ethyl adjacent to an activating group) is 1. The van der Waals surface area contributed by atoms with Gasteiger partial charge in [0.2, 0.25) is 5.24 Å². The van der Waals surface area contributed by atoms with Gasteiger partial charge in [-0.15, -0.1) is 13.2 Å². The lowest BCUT2D eigenvalue weighted by atomic mass is 10.2. The zero-order chi connectivity index (χ0) is 17.7. The highest BCUT2D eigenvalue weighted by atomic mass is 35.5. The number of carbonyl (C=O) groups excluding carboxylic acids is 1. The Labute approximate surface area is 144 Å². The highest BCUT2D eigenvalue weighted by Crippen LogP contribution is 2.51. The van der Waals surface area contributed by atoms with Gasteiger partial charge in [-0.05, 0) is 31.1 Å². The summed E-state index contributed by atoms with van der Waals surface area (Å²) in [6.45, 7) is 13.2. The Hall–Kier alpha value is -0.490. The van der Waals surface area contributed by atoms with Crippen molar-refractivity contribution in [1.82, 2.24) is 4.90 Å². The van der Waals surface area contributed by atoms with Gasteiger partial charge in [0, 0.05) is 13.0 Å². The van der Waals surface area contributed by atoms with E-state index in [1.165, 1.54) is 12.2 Å². The van der Waals surface area contributed by atoms with Crippen LogP contribution >= 0.6 is 19.4 Å². The summed E-state index contributed by atoms with van der Waals surface area (Å²) in [6.07, 6.45) is 2.86. The number of hydrogen-bond donors (Lipinski definition) is 0. The van der Waals surface area contributed by atoms with Gasteiger partial charge >= 0.3 is 7.82 Å². The average Bonchev–Trinajstić information content (AvgIpc) is 2.53. The molecule has 0 aliphatic heterocycles. The Balaban J connectivity index is 4.98. The van der Waals surface area contributed by atoms with Gasteiger partial charge < -0.3 is 4.90 Å². The lowest BCUT2D eigenvalue weighted by molar-refractivity contribution is -0.112. The maximum absolute atomic E-state index is 12.6. The normalized spacial score (nSPS) is 13.0. The largest absolute Gasteiger partial charge is 0.475 e. The first-order valence-corrected chi connectivity index (χ1v) is 9.44. The van der Waals surface area contributed by atoms with Crippen molar-refractivity contribution in [3.05, 3.63) is 25.3 Å². The molecule has 0 N–H and O–H groups in total. The third kappa shape index (κ3) is 10.8. The molecule has 0 saturated carbocycles. The molecular weight excluding hydrogens is 341 g/mol. The molecule has 0 rings (SSSR count). The molecule has 0 spiro atoms. The van der Waals surface area contributed by atoms with Gasteiger partial charge in [-0.2, -0.15) is 0 Å². The van der Waals surface area contributed by atoms with Gasteiger partial charge in [-0.1, -0.05) is 26.0 Å². The molecule has 0 saturated heterocycles. The van der Waals surface area contributed by atoms with Crippen molar-refractivity contribution in [2.75, 3.05) is 32.8 Å². The summed E-state index contributed by atoms with van der Waals surface area (Å²) in [7, 11) is -3.77. The SMILES string of the molecule is C=CCOP(=O)(OCC=C)OC(CCC(=O)Cl)CN(CC)CC. The van der Waals surface area contributed by atoms with Gasteiger partial charge in [-0.3, -0.25) is 18.4 Å². The van der Waals surface area contributed by atoms with Crippen molar-refractivity contribution in [1.29, 1.82) is 0 Å². The zero-order valence-corrected chi connectivity index (χ0v) is 15.6. The number of carbonyl (C=O) groups is 1. The quantitative estimate of drug-likeness (QED) is 0.249. The van der Waals surface area contributed by atoms with Crippen LogP contribution in [0.15, 0.2) is 25.3 Å². The average molecular weight is 368 g/mol. The van der Waals surface area contributed by atoms with Gasteiger partial charge in [0.1, 0.15) is 0 Å². The van der Waals surface area contributed by atoms with E-state index in [2.05, 4.69) is 18.1 Å². The Bertz CT molecular complexity index is 399. The van der Waals surface area contributed by atoms with Crippen molar-refractivity contribution in [2.45, 2.75) is 32.8 Å². The summed E-state index contributed by atoms with van der Waals surface area (Å²) >= 11 is 5.40. The lowest BCUT2D eigenvalue weighted by Gasteiger charge is -2.27. The highest BCUT2D eigenvalue weighted by Gasteiger charge is 2.31. The zero-order valence-electron chi connectivity index (χ0n) is 13.9. The Morgan fingerprint density at radius 1 is 1.22 bits per heavy atom. The molecule has 0 heterocycles. The number of hydrogen-bond acceptors (Lipinski definition) is 6. The molecule has 0 fully saturated rings. The van der Waals surface area contributed by atoms with Gasteiger partial charge in [0.15, 0.2) is 0 Å². The molecule has 6 nitrogen and oxygen atoms in total. The second-order valence-corrected chi connectivity index (χ2v) is 6.77. The fourth-order valence-corrected chi connectivity index (χ4v) is 3.21. The molecule has 8 heteroatoms. The molecule has 1 unspecified atom stereocenters. The minimum absolute atomic E-state index is 0.0286. The summed E-state index contributed by atoms with van der Waals surface area (Å²) in [4.78, 5) is 13.1. The lowest BCUT2D eigenvalue weighted by Crippen LogP contribution is -2.34. The van der Waals surface area contributed by atoms with Crippen LogP contribution in [0.5, 0.6) is 0 Å². The van der Waals surface area contributed by atoms with Crippen molar-refractivity contribution < 1.29 is 22.9 Å². The molecule has 0 aromatic rings. The Morgan fingerprint density at radius 3 is 2.13 bits per heavy atom. The smallest absolute Gasteiger partial charge is 0.301 e. The van der Waals surface area contributed by atoms with E-state index in [1.54, 1.807) is 0 Å². The van der Waals surface area contributed by atoms with Crippen LogP contribution in [0.3, 0.4) is 0 Å². The topological polar surface area (TPSA) is 65.1 Å². The fraction of sp³-hybridized carbons (Fsp3) is 0.667. The van der Waals surface area contributed by atoms with E-state index in [4.69, 9.17) is 25.2 Å². The van der Waals surface area contributed by atoms with E-state index in [0.717, 1.165) is 13.1 Å². The van der Waals surface area contributed by atoms with E-state index in [9.17, 15) is 9.36 Å². The molecule has 0 aliphatic carbocycles. The van der Waals surface area contributed by atoms with Crippen LogP contribution in [-0.2, 0) is 22.9 Å². The van der Waals surface area contributed by atoms with Crippen LogP contribution in [-0.4, -0.2) is 49.1 Å². The van der Waals surface area contributed by atoms with E-state index >= 15 is 0 Å². The summed E-state index contributed by atoms with van der Waals surface area (Å²) in [5.74, 6) is 0. The standard InChI is InChI=1S/C15H27ClNO5P/c1-5-11-20-23(19,21-12-6-2)22-14(9-10-15(16)18)13-17(7-3)8-4/h5-6,14H,1-2,7-13H2,3-4H3. The first kappa shape index (κ1) is 22.5. The van der Waals surface area contributed by atoms with Gasteiger partial charge in [-0.25, -0.2) is 4.57 Å². The maximum Gasteiger partial charge on any atom is 0.475 e. The second-order valence-electron chi connectivity index (χ2n) is 4.72. The maximum atomic E-state index is 12.6. The minimum atomic E-state index is -3.77. The molecule has 0 amide bonds. The van der Waals surface area contributed by atoms with E-state index in [-0.39, 0.29) is 19.6 Å². The second kappa shape index (κ2) is 12.9. The molecule has 0 bridgehead atoms. The number of rotatable bonds is 15. The van der Waals surface area contributed by atoms with Crippen molar-refractivity contribution in [3.63, 3.8) is 0 Å². The van der Waals surface area contributed by atoms with E-state index in [0.29, 0.717) is 13.0 Å². The van der Waals surface area contributed by atoms with Crippen molar-refractivity contribution >= 4 is 24.7 Å². The predicted octanol–water partition coefficient (Wildman–Crippen LogP) is 3.77. The van der Waals surface area contributed by atoms with Crippen LogP contribution < -0.4 is 0 Å². The molecule has 23 heavy (non-hydrogen) atoms. The molecule has 0 aliphatic rings. The van der Waals surface area contributed by atoms with Gasteiger partial charge in [0.25, 0.3) is 0 Å². The number of halogens is 1. The molecule has 0 aromatic heterocycles. The summed E-state index contributed by atoms with van der Waals surface area (Å²) in [5, 5.41) is -0.466. The third-order valence-corrected chi connectivity index (χ3v) is 4.67. The van der Waals surface area contributed by atoms with Crippen LogP contribution in [0.1, 0.15) is 26.7 Å². The van der Waals surface area contributed by atoms with Crippen molar-refractivity contribution in [3.8, 4) is 0 Å². The number of phosphoric acid groups is 1. The molecule has 134 valence electrons. The van der Waals surface area contributed by atoms with Gasteiger partial charge in [0.05, 0.1) is 19.3 Å². The predicted molar refractivity (Wildman–Crippen MR) is 92.7 cm³/mol. The first-order chi connectivity index (χ1) is 10.9. The monoisotopic (exact) mass is 367 g/mol. The van der Waals surface area contributed by atoms with Crippen LogP contribution in [0, 0.1) is 0 Å². The van der Waals surface area contributed by atoms with Crippen LogP contribution in [0.2, 0.25) is 0 Å². The molecular formula is C15H27ClNO5P. The minimum Gasteiger partial charge on any atom is -0.301 e. The fourth-order valence-electron chi connectivity index (χ4n) is 1.79. The third-order valence-electron chi connectivity index (χ3n) is 3.00. The Morgan fingerprint density at radius 2 is 1.74 bits per heavy atom. The van der Waals surface area contributed by atoms with E-state index < -0.39 is 19.2 Å². The molecule has 0 radical (unpaired) electrons. The summed E-state index contributed by atoms with van der Waals surface area (Å²) in [5.41, 5.74) is 0. The first-order valence-electron chi connectivity index (χ1n) is 7.60. The highest BCUT2D eigenvalue weighted by molar-refractivity contribution is 7.48. The molecule has 1 atom stereocenters. The Kier molecular flexibility index (Phi) is 12.6. The van der Waals surface area contributed by atoms with Crippen LogP contribution in [0.4, 0.5) is 0 Å². The summed E-state index contributed by atoms with van der Waals surface area (Å²) < 4.78 is 28.6. The molecule has 0 aromatic carbocycles. The van der Waals surface area contributed by atoms with Crippen molar-refractivity contribution in [2.24, 2.45) is 0 Å². The van der Waals surface area contributed by atoms with Crippen LogP contribution in [0.25, 0.3) is 0 Å².